The second-order valence-electron chi connectivity index (χ2n) is 4.53. The lowest BCUT2D eigenvalue weighted by Gasteiger charge is -2.17. The van der Waals surface area contributed by atoms with Crippen LogP contribution in [0, 0.1) is 11.3 Å². The number of ether oxygens (including phenoxy) is 2. The Morgan fingerprint density at radius 1 is 1.43 bits per heavy atom. The molecule has 1 rings (SSSR count). The second kappa shape index (κ2) is 9.33. The number of likely N-dealkylation sites (N-methyl/N-ethyl adjacent to an activating group) is 1. The van der Waals surface area contributed by atoms with E-state index in [1.54, 1.807) is 23.1 Å². The fourth-order valence-corrected chi connectivity index (χ4v) is 1.86. The Kier molecular flexibility index (Phi) is 7.43. The molecule has 1 aromatic rings. The van der Waals surface area contributed by atoms with Crippen LogP contribution in [-0.4, -0.2) is 49.8 Å². The molecule has 2 N–H and O–H groups in total. The molecule has 0 aromatic heterocycles. The van der Waals surface area contributed by atoms with Crippen molar-refractivity contribution < 1.29 is 19.4 Å². The van der Waals surface area contributed by atoms with Gasteiger partial charge in [0.05, 0.1) is 26.5 Å². The molecular formula is C16H21N3O4. The summed E-state index contributed by atoms with van der Waals surface area (Å²) >= 11 is 0. The summed E-state index contributed by atoms with van der Waals surface area (Å²) in [6.07, 6.45) is 1.43. The third-order valence-electron chi connectivity index (χ3n) is 3.12. The van der Waals surface area contributed by atoms with Gasteiger partial charge in [0, 0.05) is 25.4 Å². The number of benzene rings is 1. The second-order valence-corrected chi connectivity index (χ2v) is 4.53. The number of nitrogens with zero attached hydrogens (tertiary/aromatic N) is 2. The highest BCUT2D eigenvalue weighted by Crippen LogP contribution is 2.29. The zero-order valence-corrected chi connectivity index (χ0v) is 13.5. The molecule has 0 unspecified atom stereocenters. The fraction of sp³-hybridized carbons (Fsp3) is 0.375. The number of hydrogen-bond acceptors (Lipinski definition) is 6. The molecular weight excluding hydrogens is 298 g/mol. The molecule has 0 atom stereocenters. The lowest BCUT2D eigenvalue weighted by molar-refractivity contribution is -0.112. The van der Waals surface area contributed by atoms with Gasteiger partial charge >= 0.3 is 0 Å². The molecule has 0 heterocycles. The molecule has 1 aromatic carbocycles. The minimum Gasteiger partial charge on any atom is -0.497 e. The van der Waals surface area contributed by atoms with Crippen LogP contribution in [0.25, 0.3) is 0 Å². The van der Waals surface area contributed by atoms with Crippen LogP contribution in [0.4, 0.5) is 5.69 Å². The summed E-state index contributed by atoms with van der Waals surface area (Å²) in [6.45, 7) is 2.72. The first-order chi connectivity index (χ1) is 11.1. The predicted molar refractivity (Wildman–Crippen MR) is 86.2 cm³/mol. The van der Waals surface area contributed by atoms with E-state index in [0.717, 1.165) is 0 Å². The van der Waals surface area contributed by atoms with Crippen molar-refractivity contribution in [2.24, 2.45) is 0 Å². The summed E-state index contributed by atoms with van der Waals surface area (Å²) in [5.74, 6) is 0.452. The molecule has 0 aliphatic heterocycles. The lowest BCUT2D eigenvalue weighted by Crippen LogP contribution is -2.23. The molecule has 0 fully saturated rings. The number of methoxy groups -OCH3 is 2. The highest BCUT2D eigenvalue weighted by atomic mass is 16.5. The normalized spacial score (nSPS) is 10.7. The molecule has 124 valence electrons. The Morgan fingerprint density at radius 3 is 2.70 bits per heavy atom. The summed E-state index contributed by atoms with van der Waals surface area (Å²) in [5.41, 5.74) is 0.341. The van der Waals surface area contributed by atoms with Crippen molar-refractivity contribution in [1.29, 1.82) is 5.26 Å². The molecule has 23 heavy (non-hydrogen) atoms. The topological polar surface area (TPSA) is 94.8 Å². The fourth-order valence-electron chi connectivity index (χ4n) is 1.86. The van der Waals surface area contributed by atoms with Gasteiger partial charge in [-0.25, -0.2) is 0 Å². The molecule has 1 amide bonds. The smallest absolute Gasteiger partial charge is 0.267 e. The van der Waals surface area contributed by atoms with E-state index < -0.39 is 5.91 Å². The van der Waals surface area contributed by atoms with Crippen LogP contribution >= 0.6 is 0 Å². The van der Waals surface area contributed by atoms with E-state index in [2.05, 4.69) is 5.32 Å². The van der Waals surface area contributed by atoms with Crippen molar-refractivity contribution >= 4 is 11.6 Å². The number of carbonyl (C=O) groups excluding carboxylic acids is 1. The zero-order valence-electron chi connectivity index (χ0n) is 13.5. The Labute approximate surface area is 135 Å². The average molecular weight is 319 g/mol. The van der Waals surface area contributed by atoms with Gasteiger partial charge in [0.2, 0.25) is 0 Å². The van der Waals surface area contributed by atoms with Gasteiger partial charge in [-0.2, -0.15) is 5.26 Å². The maximum absolute atomic E-state index is 12.3. The van der Waals surface area contributed by atoms with Crippen LogP contribution in [0.2, 0.25) is 0 Å². The number of nitrogens with one attached hydrogen (secondary N) is 1. The predicted octanol–water partition coefficient (Wildman–Crippen LogP) is 1.36. The largest absolute Gasteiger partial charge is 0.497 e. The molecule has 0 bridgehead atoms. The number of aliphatic hydroxyl groups excluding tert-OH is 1. The van der Waals surface area contributed by atoms with Gasteiger partial charge in [-0.1, -0.05) is 0 Å². The van der Waals surface area contributed by atoms with Crippen molar-refractivity contribution in [1.82, 2.24) is 4.90 Å². The van der Waals surface area contributed by atoms with E-state index in [9.17, 15) is 10.1 Å². The molecule has 0 aliphatic carbocycles. The van der Waals surface area contributed by atoms with Crippen molar-refractivity contribution in [3.05, 3.63) is 30.0 Å². The van der Waals surface area contributed by atoms with Crippen LogP contribution in [0.15, 0.2) is 30.0 Å². The number of nitriles is 1. The van der Waals surface area contributed by atoms with E-state index in [0.29, 0.717) is 30.3 Å². The number of aliphatic hydroxyl groups is 1. The molecule has 0 saturated heterocycles. The van der Waals surface area contributed by atoms with Crippen LogP contribution in [-0.2, 0) is 4.79 Å². The van der Waals surface area contributed by atoms with Crippen molar-refractivity contribution in [2.75, 3.05) is 39.2 Å². The summed E-state index contributed by atoms with van der Waals surface area (Å²) in [7, 11) is 3.00. The molecule has 0 aliphatic rings. The highest BCUT2D eigenvalue weighted by molar-refractivity contribution is 6.07. The van der Waals surface area contributed by atoms with Gasteiger partial charge in [-0.15, -0.1) is 0 Å². The summed E-state index contributed by atoms with van der Waals surface area (Å²) in [6, 6.07) is 6.84. The third kappa shape index (κ3) is 5.20. The number of anilines is 1. The minimum atomic E-state index is -0.560. The van der Waals surface area contributed by atoms with E-state index in [1.165, 1.54) is 20.4 Å². The van der Waals surface area contributed by atoms with Gasteiger partial charge in [0.1, 0.15) is 23.1 Å². The van der Waals surface area contributed by atoms with Crippen molar-refractivity contribution in [3.8, 4) is 17.6 Å². The summed E-state index contributed by atoms with van der Waals surface area (Å²) in [5, 5.41) is 20.8. The van der Waals surface area contributed by atoms with Gasteiger partial charge in [0.15, 0.2) is 0 Å². The number of amides is 1. The van der Waals surface area contributed by atoms with Crippen molar-refractivity contribution in [2.45, 2.75) is 6.92 Å². The summed E-state index contributed by atoms with van der Waals surface area (Å²) < 4.78 is 10.3. The molecule has 0 spiro atoms. The zero-order chi connectivity index (χ0) is 17.2. The Hall–Kier alpha value is -2.72. The number of hydrogen-bond donors (Lipinski definition) is 2. The first-order valence-corrected chi connectivity index (χ1v) is 7.09. The first kappa shape index (κ1) is 18.3. The van der Waals surface area contributed by atoms with E-state index in [4.69, 9.17) is 14.6 Å². The third-order valence-corrected chi connectivity index (χ3v) is 3.12. The van der Waals surface area contributed by atoms with Crippen LogP contribution in [0.1, 0.15) is 6.92 Å². The van der Waals surface area contributed by atoms with Gasteiger partial charge in [-0.3, -0.25) is 4.79 Å². The highest BCUT2D eigenvalue weighted by Gasteiger charge is 2.14. The number of rotatable bonds is 8. The Bertz CT molecular complexity index is 608. The SMILES string of the molecule is CCN(/C=C(/C#N)C(=O)Nc1cc(OC)ccc1OC)CCO. The van der Waals surface area contributed by atoms with Crippen LogP contribution in [0.5, 0.6) is 11.5 Å². The maximum atomic E-state index is 12.3. The van der Waals surface area contributed by atoms with Crippen LogP contribution < -0.4 is 14.8 Å². The quantitative estimate of drug-likeness (QED) is 0.555. The lowest BCUT2D eigenvalue weighted by atomic mass is 10.2. The maximum Gasteiger partial charge on any atom is 0.267 e. The standard InChI is InChI=1S/C16H21N3O4/c1-4-19(7-8-20)11-12(10-17)16(21)18-14-9-13(22-2)5-6-15(14)23-3/h5-6,9,11,20H,4,7-8H2,1-3H3,(H,18,21)/b12-11-. The molecule has 0 saturated carbocycles. The van der Waals surface area contributed by atoms with E-state index in [-0.39, 0.29) is 12.2 Å². The van der Waals surface area contributed by atoms with Gasteiger partial charge < -0.3 is 24.8 Å². The Morgan fingerprint density at radius 2 is 2.17 bits per heavy atom. The monoisotopic (exact) mass is 319 g/mol. The molecule has 7 heteroatoms. The average Bonchev–Trinajstić information content (AvgIpc) is 2.58. The van der Waals surface area contributed by atoms with Crippen LogP contribution in [0.3, 0.4) is 0 Å². The minimum absolute atomic E-state index is 0.0611. The van der Waals surface area contributed by atoms with Gasteiger partial charge in [-0.05, 0) is 19.1 Å². The van der Waals surface area contributed by atoms with Crippen molar-refractivity contribution in [3.63, 3.8) is 0 Å². The Balaban J connectivity index is 3.00. The first-order valence-electron chi connectivity index (χ1n) is 7.09. The number of carbonyl (C=O) groups is 1. The molecule has 0 radical (unpaired) electrons. The van der Waals surface area contributed by atoms with E-state index >= 15 is 0 Å². The molecule has 7 nitrogen and oxygen atoms in total. The van der Waals surface area contributed by atoms with E-state index in [1.807, 2.05) is 13.0 Å². The van der Waals surface area contributed by atoms with Gasteiger partial charge in [0.25, 0.3) is 5.91 Å². The summed E-state index contributed by atoms with van der Waals surface area (Å²) in [4.78, 5) is 14.0.